The Hall–Kier alpha value is -2.34. The minimum atomic E-state index is -0.332. The first-order chi connectivity index (χ1) is 14.5. The molecule has 2 atom stereocenters. The highest BCUT2D eigenvalue weighted by Crippen LogP contribution is 2.35. The summed E-state index contributed by atoms with van der Waals surface area (Å²) in [6.07, 6.45) is 7.22. The van der Waals surface area contributed by atoms with Crippen LogP contribution in [0.3, 0.4) is 0 Å². The number of carbonyl (C=O) groups is 1. The number of allylic oxidation sites excluding steroid dienone is 1. The van der Waals surface area contributed by atoms with Crippen molar-refractivity contribution in [2.24, 2.45) is 11.7 Å². The van der Waals surface area contributed by atoms with Crippen LogP contribution in [0.4, 0.5) is 4.79 Å². The van der Waals surface area contributed by atoms with E-state index >= 15 is 0 Å². The maximum absolute atomic E-state index is 12.4. The fourth-order valence-electron chi connectivity index (χ4n) is 4.87. The summed E-state index contributed by atoms with van der Waals surface area (Å²) in [5.74, 6) is 0.592. The standard InChI is InChI=1S/C24H35N3O3/c1-17(15-25)23(26)21-9-6-14-27(24(28)29-2)22(21)16-30-20-12-10-19(11-13-20)18-7-4-3-5-8-18/h3-5,7-8,15,19-22,25H,6,9-14,16,26H2,1-2H3/b23-17-,25-15?. The lowest BCUT2D eigenvalue weighted by molar-refractivity contribution is -0.0292. The molecule has 1 aromatic rings. The van der Waals surface area contributed by atoms with Gasteiger partial charge in [-0.25, -0.2) is 4.79 Å². The van der Waals surface area contributed by atoms with E-state index in [2.05, 4.69) is 30.3 Å². The van der Waals surface area contributed by atoms with E-state index in [1.165, 1.54) is 18.9 Å². The van der Waals surface area contributed by atoms with Crippen LogP contribution in [0.2, 0.25) is 0 Å². The van der Waals surface area contributed by atoms with E-state index in [-0.39, 0.29) is 24.2 Å². The van der Waals surface area contributed by atoms with Gasteiger partial charge in [0.2, 0.25) is 0 Å². The number of hydrogen-bond acceptors (Lipinski definition) is 5. The third-order valence-corrected chi connectivity index (χ3v) is 6.71. The molecule has 1 amide bonds. The first kappa shape index (κ1) is 22.3. The molecule has 1 saturated carbocycles. The fourth-order valence-corrected chi connectivity index (χ4v) is 4.87. The highest BCUT2D eigenvalue weighted by atomic mass is 16.5. The third kappa shape index (κ3) is 5.22. The number of carbonyl (C=O) groups excluding carboxylic acids is 1. The molecule has 0 spiro atoms. The summed E-state index contributed by atoms with van der Waals surface area (Å²) in [5.41, 5.74) is 9.23. The molecule has 6 heteroatoms. The largest absolute Gasteiger partial charge is 0.453 e. The van der Waals surface area contributed by atoms with Crippen molar-refractivity contribution >= 4 is 12.3 Å². The van der Waals surface area contributed by atoms with Crippen LogP contribution in [-0.2, 0) is 9.47 Å². The Labute approximate surface area is 179 Å². The van der Waals surface area contributed by atoms with Crippen molar-refractivity contribution in [2.75, 3.05) is 20.3 Å². The van der Waals surface area contributed by atoms with Crippen LogP contribution in [-0.4, -0.2) is 49.6 Å². The molecule has 1 saturated heterocycles. The van der Waals surface area contributed by atoms with Gasteiger partial charge in [0, 0.05) is 24.4 Å². The van der Waals surface area contributed by atoms with Crippen molar-refractivity contribution in [3.63, 3.8) is 0 Å². The highest BCUT2D eigenvalue weighted by molar-refractivity contribution is 5.76. The lowest BCUT2D eigenvalue weighted by atomic mass is 9.82. The second kappa shape index (κ2) is 10.6. The van der Waals surface area contributed by atoms with Gasteiger partial charge in [0.15, 0.2) is 0 Å². The van der Waals surface area contributed by atoms with Gasteiger partial charge in [-0.2, -0.15) is 0 Å². The maximum atomic E-state index is 12.4. The molecule has 0 radical (unpaired) electrons. The van der Waals surface area contributed by atoms with Gasteiger partial charge in [-0.05, 0) is 62.5 Å². The normalized spacial score (nSPS) is 27.9. The predicted octanol–water partition coefficient (Wildman–Crippen LogP) is 4.46. The molecule has 1 aromatic carbocycles. The molecule has 3 rings (SSSR count). The van der Waals surface area contributed by atoms with Gasteiger partial charge in [-0.3, -0.25) is 0 Å². The Balaban J connectivity index is 1.64. The summed E-state index contributed by atoms with van der Waals surface area (Å²) < 4.78 is 11.4. The number of ether oxygens (including phenoxy) is 2. The Morgan fingerprint density at radius 3 is 2.53 bits per heavy atom. The van der Waals surface area contributed by atoms with Gasteiger partial charge < -0.3 is 25.5 Å². The van der Waals surface area contributed by atoms with Crippen LogP contribution in [0.1, 0.15) is 56.9 Å². The number of methoxy groups -OCH3 is 1. The molecule has 2 aliphatic rings. The monoisotopic (exact) mass is 413 g/mol. The SMILES string of the molecule is COC(=O)N1CCCC(/C(N)=C(\C)C=N)C1COC1CCC(c2ccccc2)CC1. The summed E-state index contributed by atoms with van der Waals surface area (Å²) in [5, 5.41) is 7.55. The molecule has 3 N–H and O–H groups in total. The Bertz CT molecular complexity index is 741. The zero-order chi connectivity index (χ0) is 21.5. The van der Waals surface area contributed by atoms with Gasteiger partial charge in [0.1, 0.15) is 0 Å². The fraction of sp³-hybridized carbons (Fsp3) is 0.583. The molecule has 2 unspecified atom stereocenters. The maximum Gasteiger partial charge on any atom is 0.409 e. The van der Waals surface area contributed by atoms with E-state index in [0.29, 0.717) is 24.8 Å². The molecule has 2 fully saturated rings. The number of benzene rings is 1. The second-order valence-corrected chi connectivity index (χ2v) is 8.48. The molecular weight excluding hydrogens is 378 g/mol. The summed E-state index contributed by atoms with van der Waals surface area (Å²) >= 11 is 0. The third-order valence-electron chi connectivity index (χ3n) is 6.71. The van der Waals surface area contributed by atoms with Crippen molar-refractivity contribution in [1.29, 1.82) is 5.41 Å². The van der Waals surface area contributed by atoms with E-state index in [0.717, 1.165) is 44.1 Å². The highest BCUT2D eigenvalue weighted by Gasteiger charge is 2.37. The van der Waals surface area contributed by atoms with E-state index in [9.17, 15) is 4.79 Å². The van der Waals surface area contributed by atoms with Crippen LogP contribution in [0.15, 0.2) is 41.6 Å². The van der Waals surface area contributed by atoms with Crippen LogP contribution >= 0.6 is 0 Å². The summed E-state index contributed by atoms with van der Waals surface area (Å²) in [4.78, 5) is 14.1. The average Bonchev–Trinajstić information content (AvgIpc) is 2.81. The molecular formula is C24H35N3O3. The van der Waals surface area contributed by atoms with Crippen LogP contribution < -0.4 is 5.73 Å². The van der Waals surface area contributed by atoms with E-state index in [1.54, 1.807) is 4.90 Å². The minimum Gasteiger partial charge on any atom is -0.453 e. The molecule has 1 heterocycles. The average molecular weight is 414 g/mol. The molecule has 0 bridgehead atoms. The molecule has 0 aromatic heterocycles. The van der Waals surface area contributed by atoms with Crippen molar-refractivity contribution in [2.45, 2.75) is 63.5 Å². The number of nitrogens with two attached hydrogens (primary N) is 1. The Morgan fingerprint density at radius 1 is 1.20 bits per heavy atom. The zero-order valence-electron chi connectivity index (χ0n) is 18.2. The van der Waals surface area contributed by atoms with Crippen molar-refractivity contribution in [3.8, 4) is 0 Å². The first-order valence-corrected chi connectivity index (χ1v) is 11.0. The van der Waals surface area contributed by atoms with Crippen LogP contribution in [0.5, 0.6) is 0 Å². The molecule has 1 aliphatic carbocycles. The smallest absolute Gasteiger partial charge is 0.409 e. The number of rotatable bonds is 6. The van der Waals surface area contributed by atoms with Gasteiger partial charge in [-0.15, -0.1) is 0 Å². The molecule has 1 aliphatic heterocycles. The topological polar surface area (TPSA) is 88.6 Å². The van der Waals surface area contributed by atoms with Gasteiger partial charge >= 0.3 is 6.09 Å². The lowest BCUT2D eigenvalue weighted by Gasteiger charge is -2.41. The predicted molar refractivity (Wildman–Crippen MR) is 119 cm³/mol. The number of amides is 1. The number of piperidine rings is 1. The summed E-state index contributed by atoms with van der Waals surface area (Å²) in [6.45, 7) is 2.95. The molecule has 6 nitrogen and oxygen atoms in total. The molecule has 30 heavy (non-hydrogen) atoms. The van der Waals surface area contributed by atoms with Crippen molar-refractivity contribution in [1.82, 2.24) is 4.90 Å². The summed E-state index contributed by atoms with van der Waals surface area (Å²) in [6, 6.07) is 10.5. The number of hydrogen-bond donors (Lipinski definition) is 2. The Morgan fingerprint density at radius 2 is 1.90 bits per heavy atom. The van der Waals surface area contributed by atoms with Gasteiger partial charge in [-0.1, -0.05) is 30.3 Å². The minimum absolute atomic E-state index is 0.0138. The van der Waals surface area contributed by atoms with Crippen molar-refractivity contribution in [3.05, 3.63) is 47.2 Å². The molecule has 164 valence electrons. The van der Waals surface area contributed by atoms with E-state index in [1.807, 2.05) is 6.92 Å². The van der Waals surface area contributed by atoms with E-state index in [4.69, 9.17) is 20.6 Å². The quantitative estimate of drug-likeness (QED) is 0.674. The van der Waals surface area contributed by atoms with Gasteiger partial charge in [0.05, 0.1) is 25.9 Å². The zero-order valence-corrected chi connectivity index (χ0v) is 18.2. The lowest BCUT2D eigenvalue weighted by Crippen LogP contribution is -2.52. The second-order valence-electron chi connectivity index (χ2n) is 8.48. The number of nitrogens with zero attached hydrogens (tertiary/aromatic N) is 1. The van der Waals surface area contributed by atoms with Crippen LogP contribution in [0, 0.1) is 11.3 Å². The Kier molecular flexibility index (Phi) is 7.91. The van der Waals surface area contributed by atoms with Gasteiger partial charge in [0.25, 0.3) is 0 Å². The van der Waals surface area contributed by atoms with Crippen LogP contribution in [0.25, 0.3) is 0 Å². The van der Waals surface area contributed by atoms with E-state index < -0.39 is 0 Å². The first-order valence-electron chi connectivity index (χ1n) is 11.0. The number of likely N-dealkylation sites (tertiary alicyclic amines) is 1. The van der Waals surface area contributed by atoms with Crippen molar-refractivity contribution < 1.29 is 14.3 Å². The number of nitrogens with one attached hydrogen (secondary N) is 1. The summed E-state index contributed by atoms with van der Waals surface area (Å²) in [7, 11) is 1.41.